The predicted octanol–water partition coefficient (Wildman–Crippen LogP) is 1.96. The van der Waals surface area contributed by atoms with Crippen LogP contribution in [0.15, 0.2) is 48.5 Å². The highest BCUT2D eigenvalue weighted by Gasteiger charge is 2.28. The summed E-state index contributed by atoms with van der Waals surface area (Å²) in [7, 11) is -3.04. The van der Waals surface area contributed by atoms with Crippen molar-refractivity contribution in [1.29, 1.82) is 0 Å². The van der Waals surface area contributed by atoms with Crippen molar-refractivity contribution >= 4 is 33.0 Å². The van der Waals surface area contributed by atoms with Crippen LogP contribution in [-0.2, 0) is 14.6 Å². The van der Waals surface area contributed by atoms with E-state index in [1.54, 1.807) is 24.3 Å². The van der Waals surface area contributed by atoms with Crippen molar-refractivity contribution in [2.45, 2.75) is 19.4 Å². The third kappa shape index (κ3) is 5.32. The van der Waals surface area contributed by atoms with E-state index in [-0.39, 0.29) is 35.9 Å². The SMILES string of the molecule is Cc1ccc(C(=O)Nc2ccccc2)cc1NCC(=O)NC1CCS(=O)(=O)C1. The van der Waals surface area contributed by atoms with E-state index in [0.717, 1.165) is 5.56 Å². The first-order valence-electron chi connectivity index (χ1n) is 9.03. The summed E-state index contributed by atoms with van der Waals surface area (Å²) in [6.45, 7) is 1.88. The van der Waals surface area contributed by atoms with Gasteiger partial charge in [0.05, 0.1) is 18.1 Å². The third-order valence-corrected chi connectivity index (χ3v) is 6.34. The van der Waals surface area contributed by atoms with Gasteiger partial charge < -0.3 is 16.0 Å². The molecule has 1 atom stereocenters. The maximum atomic E-state index is 12.4. The second-order valence-electron chi connectivity index (χ2n) is 6.87. The van der Waals surface area contributed by atoms with Crippen LogP contribution in [0.1, 0.15) is 22.3 Å². The molecule has 0 spiro atoms. The Morgan fingerprint density at radius 1 is 1.11 bits per heavy atom. The lowest BCUT2D eigenvalue weighted by Gasteiger charge is -2.14. The van der Waals surface area contributed by atoms with E-state index >= 15 is 0 Å². The van der Waals surface area contributed by atoms with Crippen LogP contribution >= 0.6 is 0 Å². The smallest absolute Gasteiger partial charge is 0.255 e. The zero-order valence-electron chi connectivity index (χ0n) is 15.6. The quantitative estimate of drug-likeness (QED) is 0.686. The number of sulfone groups is 1. The number of carbonyl (C=O) groups is 2. The molecule has 0 radical (unpaired) electrons. The zero-order valence-corrected chi connectivity index (χ0v) is 16.4. The Balaban J connectivity index is 1.58. The van der Waals surface area contributed by atoms with Gasteiger partial charge in [0.1, 0.15) is 0 Å². The van der Waals surface area contributed by atoms with Gasteiger partial charge in [0.2, 0.25) is 5.91 Å². The monoisotopic (exact) mass is 401 g/mol. The number of para-hydroxylation sites is 1. The van der Waals surface area contributed by atoms with Crippen molar-refractivity contribution < 1.29 is 18.0 Å². The summed E-state index contributed by atoms with van der Waals surface area (Å²) in [6.07, 6.45) is 0.447. The molecule has 0 aliphatic carbocycles. The Morgan fingerprint density at radius 3 is 2.54 bits per heavy atom. The molecule has 3 rings (SSSR count). The van der Waals surface area contributed by atoms with Crippen LogP contribution in [0.2, 0.25) is 0 Å². The maximum Gasteiger partial charge on any atom is 0.255 e. The molecule has 28 heavy (non-hydrogen) atoms. The summed E-state index contributed by atoms with van der Waals surface area (Å²) in [5.74, 6) is -0.411. The summed E-state index contributed by atoms with van der Waals surface area (Å²) in [4.78, 5) is 24.5. The minimum Gasteiger partial charge on any atom is -0.376 e. The Morgan fingerprint density at radius 2 is 1.86 bits per heavy atom. The van der Waals surface area contributed by atoms with Crippen LogP contribution in [0.5, 0.6) is 0 Å². The lowest BCUT2D eigenvalue weighted by atomic mass is 10.1. The molecule has 7 nitrogen and oxygen atoms in total. The van der Waals surface area contributed by atoms with Crippen molar-refractivity contribution in [2.24, 2.45) is 0 Å². The molecule has 0 aromatic heterocycles. The lowest BCUT2D eigenvalue weighted by molar-refractivity contribution is -0.119. The number of hydrogen-bond acceptors (Lipinski definition) is 5. The van der Waals surface area contributed by atoms with Crippen LogP contribution < -0.4 is 16.0 Å². The Bertz CT molecular complexity index is 974. The van der Waals surface area contributed by atoms with Crippen LogP contribution in [0.3, 0.4) is 0 Å². The second kappa shape index (κ2) is 8.43. The average molecular weight is 401 g/mol. The Hall–Kier alpha value is -2.87. The van der Waals surface area contributed by atoms with E-state index in [2.05, 4.69) is 16.0 Å². The molecule has 1 saturated heterocycles. The molecule has 8 heteroatoms. The van der Waals surface area contributed by atoms with E-state index in [9.17, 15) is 18.0 Å². The molecule has 1 aliphatic heterocycles. The van der Waals surface area contributed by atoms with Gasteiger partial charge in [0.25, 0.3) is 5.91 Å². The molecule has 2 aromatic rings. The highest BCUT2D eigenvalue weighted by molar-refractivity contribution is 7.91. The topological polar surface area (TPSA) is 104 Å². The zero-order chi connectivity index (χ0) is 20.1. The third-order valence-electron chi connectivity index (χ3n) is 4.57. The van der Waals surface area contributed by atoms with Gasteiger partial charge in [-0.3, -0.25) is 9.59 Å². The van der Waals surface area contributed by atoms with Gasteiger partial charge >= 0.3 is 0 Å². The molecule has 1 aliphatic rings. The highest BCUT2D eigenvalue weighted by Crippen LogP contribution is 2.18. The normalized spacial score (nSPS) is 17.7. The first-order chi connectivity index (χ1) is 13.3. The summed E-state index contributed by atoms with van der Waals surface area (Å²) in [5, 5.41) is 8.58. The highest BCUT2D eigenvalue weighted by atomic mass is 32.2. The van der Waals surface area contributed by atoms with E-state index in [1.165, 1.54) is 0 Å². The van der Waals surface area contributed by atoms with Crippen LogP contribution in [0.25, 0.3) is 0 Å². The van der Waals surface area contributed by atoms with E-state index < -0.39 is 9.84 Å². The molecule has 1 unspecified atom stereocenters. The van der Waals surface area contributed by atoms with Crippen molar-refractivity contribution in [3.63, 3.8) is 0 Å². The Kier molecular flexibility index (Phi) is 5.99. The number of nitrogens with one attached hydrogen (secondary N) is 3. The largest absolute Gasteiger partial charge is 0.376 e. The van der Waals surface area contributed by atoms with Crippen LogP contribution in [0, 0.1) is 6.92 Å². The molecule has 0 saturated carbocycles. The van der Waals surface area contributed by atoms with Gasteiger partial charge in [-0.15, -0.1) is 0 Å². The van der Waals surface area contributed by atoms with Crippen molar-refractivity contribution in [2.75, 3.05) is 28.7 Å². The molecule has 2 amide bonds. The molecule has 148 valence electrons. The number of carbonyl (C=O) groups excluding carboxylic acids is 2. The van der Waals surface area contributed by atoms with Gasteiger partial charge in [-0.05, 0) is 43.2 Å². The molecule has 3 N–H and O–H groups in total. The van der Waals surface area contributed by atoms with E-state index in [4.69, 9.17) is 0 Å². The number of benzene rings is 2. The van der Waals surface area contributed by atoms with Crippen LogP contribution in [-0.4, -0.2) is 44.3 Å². The fourth-order valence-corrected chi connectivity index (χ4v) is 4.71. The van der Waals surface area contributed by atoms with Gasteiger partial charge in [-0.25, -0.2) is 8.42 Å². The molecule has 2 aromatic carbocycles. The van der Waals surface area contributed by atoms with Gasteiger partial charge in [0, 0.05) is 23.0 Å². The molecular weight excluding hydrogens is 378 g/mol. The van der Waals surface area contributed by atoms with Gasteiger partial charge in [0.15, 0.2) is 9.84 Å². The van der Waals surface area contributed by atoms with E-state index in [0.29, 0.717) is 23.4 Å². The summed E-state index contributed by atoms with van der Waals surface area (Å²) < 4.78 is 22.9. The standard InChI is InChI=1S/C20H23N3O4S/c1-14-7-8-15(20(25)23-16-5-3-2-4-6-16)11-18(14)21-12-19(24)22-17-9-10-28(26,27)13-17/h2-8,11,17,21H,9-10,12-13H2,1H3,(H,22,24)(H,23,25). The predicted molar refractivity (Wildman–Crippen MR) is 109 cm³/mol. The average Bonchev–Trinajstić information content (AvgIpc) is 3.00. The van der Waals surface area contributed by atoms with Crippen molar-refractivity contribution in [3.8, 4) is 0 Å². The second-order valence-corrected chi connectivity index (χ2v) is 9.10. The Labute approximate surface area is 164 Å². The van der Waals surface area contributed by atoms with Gasteiger partial charge in [-0.2, -0.15) is 0 Å². The fraction of sp³-hybridized carbons (Fsp3) is 0.300. The summed E-state index contributed by atoms with van der Waals surface area (Å²) in [5.41, 5.74) is 2.75. The first-order valence-corrected chi connectivity index (χ1v) is 10.9. The minimum absolute atomic E-state index is 0.00114. The molecular formula is C20H23N3O4S. The number of hydrogen-bond donors (Lipinski definition) is 3. The van der Waals surface area contributed by atoms with Gasteiger partial charge in [-0.1, -0.05) is 24.3 Å². The minimum atomic E-state index is -3.04. The number of rotatable bonds is 6. The van der Waals surface area contributed by atoms with E-state index in [1.807, 2.05) is 31.2 Å². The molecule has 1 heterocycles. The number of amides is 2. The lowest BCUT2D eigenvalue weighted by Crippen LogP contribution is -2.39. The van der Waals surface area contributed by atoms with Crippen molar-refractivity contribution in [1.82, 2.24) is 5.32 Å². The summed E-state index contributed by atoms with van der Waals surface area (Å²) >= 11 is 0. The molecule has 0 bridgehead atoms. The van der Waals surface area contributed by atoms with Crippen molar-refractivity contribution in [3.05, 3.63) is 59.7 Å². The fourth-order valence-electron chi connectivity index (χ4n) is 3.04. The number of anilines is 2. The van der Waals surface area contributed by atoms with Crippen LogP contribution in [0.4, 0.5) is 11.4 Å². The first kappa shape index (κ1) is 19.9. The summed E-state index contributed by atoms with van der Waals surface area (Å²) in [6, 6.07) is 14.1. The number of aryl methyl sites for hydroxylation is 1. The molecule has 1 fully saturated rings. The maximum absolute atomic E-state index is 12.4.